The standard InChI is InChI=1S/C12H19NO3/c1-13-10(6-7-14)9-16-12-5-3-4-11(8-12)15-2/h3-5,8,10,13-14H,6-7,9H2,1-2H3. The molecule has 0 heterocycles. The van der Waals surface area contributed by atoms with Crippen LogP contribution in [0.3, 0.4) is 0 Å². The van der Waals surface area contributed by atoms with Crippen LogP contribution < -0.4 is 14.8 Å². The molecular formula is C12H19NO3. The zero-order valence-corrected chi connectivity index (χ0v) is 9.77. The Balaban J connectivity index is 2.46. The molecule has 0 aliphatic rings. The van der Waals surface area contributed by atoms with Gasteiger partial charge in [0.05, 0.1) is 7.11 Å². The number of benzene rings is 1. The Kier molecular flexibility index (Phi) is 5.67. The van der Waals surface area contributed by atoms with E-state index in [1.807, 2.05) is 31.3 Å². The Morgan fingerprint density at radius 2 is 2.12 bits per heavy atom. The van der Waals surface area contributed by atoms with Gasteiger partial charge in [-0.05, 0) is 25.6 Å². The molecule has 1 aromatic carbocycles. The first kappa shape index (κ1) is 12.8. The summed E-state index contributed by atoms with van der Waals surface area (Å²) in [7, 11) is 3.48. The van der Waals surface area contributed by atoms with Crippen molar-refractivity contribution in [1.29, 1.82) is 0 Å². The topological polar surface area (TPSA) is 50.7 Å². The smallest absolute Gasteiger partial charge is 0.123 e. The molecule has 0 fully saturated rings. The highest BCUT2D eigenvalue weighted by molar-refractivity contribution is 5.32. The maximum Gasteiger partial charge on any atom is 0.123 e. The van der Waals surface area contributed by atoms with E-state index in [1.165, 1.54) is 0 Å². The predicted molar refractivity (Wildman–Crippen MR) is 63.0 cm³/mol. The molecule has 0 aliphatic heterocycles. The number of rotatable bonds is 7. The van der Waals surface area contributed by atoms with E-state index in [1.54, 1.807) is 7.11 Å². The summed E-state index contributed by atoms with van der Waals surface area (Å²) in [6.45, 7) is 0.692. The average molecular weight is 225 g/mol. The van der Waals surface area contributed by atoms with Gasteiger partial charge in [0.1, 0.15) is 18.1 Å². The number of likely N-dealkylation sites (N-methyl/N-ethyl adjacent to an activating group) is 1. The highest BCUT2D eigenvalue weighted by atomic mass is 16.5. The number of hydrogen-bond donors (Lipinski definition) is 2. The average Bonchev–Trinajstić information content (AvgIpc) is 2.34. The van der Waals surface area contributed by atoms with Crippen molar-refractivity contribution in [3.05, 3.63) is 24.3 Å². The Bertz CT molecular complexity index is 304. The van der Waals surface area contributed by atoms with Gasteiger partial charge in [-0.15, -0.1) is 0 Å². The van der Waals surface area contributed by atoms with Crippen molar-refractivity contribution in [3.8, 4) is 11.5 Å². The van der Waals surface area contributed by atoms with E-state index >= 15 is 0 Å². The molecule has 1 rings (SSSR count). The van der Waals surface area contributed by atoms with Gasteiger partial charge in [-0.2, -0.15) is 0 Å². The van der Waals surface area contributed by atoms with Gasteiger partial charge in [-0.25, -0.2) is 0 Å². The molecule has 1 unspecified atom stereocenters. The molecule has 0 spiro atoms. The summed E-state index contributed by atoms with van der Waals surface area (Å²) in [5.74, 6) is 1.55. The summed E-state index contributed by atoms with van der Waals surface area (Å²) < 4.78 is 10.7. The summed E-state index contributed by atoms with van der Waals surface area (Å²) in [5, 5.41) is 11.9. The number of nitrogens with one attached hydrogen (secondary N) is 1. The molecule has 16 heavy (non-hydrogen) atoms. The van der Waals surface area contributed by atoms with Crippen LogP contribution in [0.15, 0.2) is 24.3 Å². The van der Waals surface area contributed by atoms with Gasteiger partial charge in [-0.1, -0.05) is 6.07 Å². The molecule has 0 amide bonds. The lowest BCUT2D eigenvalue weighted by Gasteiger charge is -2.16. The second-order valence-electron chi connectivity index (χ2n) is 3.49. The molecule has 4 nitrogen and oxygen atoms in total. The molecule has 0 bridgehead atoms. The third-order valence-corrected chi connectivity index (χ3v) is 2.38. The summed E-state index contributed by atoms with van der Waals surface area (Å²) in [6, 6.07) is 7.64. The van der Waals surface area contributed by atoms with Crippen LogP contribution in [0.1, 0.15) is 6.42 Å². The van der Waals surface area contributed by atoms with E-state index < -0.39 is 0 Å². The first-order valence-electron chi connectivity index (χ1n) is 5.35. The Morgan fingerprint density at radius 1 is 1.38 bits per heavy atom. The fraction of sp³-hybridized carbons (Fsp3) is 0.500. The number of ether oxygens (including phenoxy) is 2. The number of methoxy groups -OCH3 is 1. The van der Waals surface area contributed by atoms with Crippen LogP contribution in [-0.4, -0.2) is 38.5 Å². The van der Waals surface area contributed by atoms with E-state index in [4.69, 9.17) is 14.6 Å². The highest BCUT2D eigenvalue weighted by Crippen LogP contribution is 2.18. The molecule has 0 radical (unpaired) electrons. The molecule has 4 heteroatoms. The molecule has 0 saturated heterocycles. The van der Waals surface area contributed by atoms with Crippen molar-refractivity contribution in [1.82, 2.24) is 5.32 Å². The van der Waals surface area contributed by atoms with Crippen molar-refractivity contribution in [2.45, 2.75) is 12.5 Å². The van der Waals surface area contributed by atoms with Crippen molar-refractivity contribution in [2.24, 2.45) is 0 Å². The molecule has 0 saturated carbocycles. The van der Waals surface area contributed by atoms with Gasteiger partial charge in [0.25, 0.3) is 0 Å². The molecule has 0 aromatic heterocycles. The lowest BCUT2D eigenvalue weighted by atomic mass is 10.2. The van der Waals surface area contributed by atoms with Gasteiger partial charge >= 0.3 is 0 Å². The van der Waals surface area contributed by atoms with Gasteiger partial charge in [0.2, 0.25) is 0 Å². The van der Waals surface area contributed by atoms with Crippen LogP contribution in [0.2, 0.25) is 0 Å². The van der Waals surface area contributed by atoms with Crippen molar-refractivity contribution < 1.29 is 14.6 Å². The molecule has 90 valence electrons. The van der Waals surface area contributed by atoms with Crippen LogP contribution in [0, 0.1) is 0 Å². The third-order valence-electron chi connectivity index (χ3n) is 2.38. The maximum atomic E-state index is 8.83. The molecule has 1 aromatic rings. The van der Waals surface area contributed by atoms with E-state index in [0.717, 1.165) is 11.5 Å². The quantitative estimate of drug-likeness (QED) is 0.728. The molecule has 1 atom stereocenters. The zero-order valence-electron chi connectivity index (χ0n) is 9.77. The molecular weight excluding hydrogens is 206 g/mol. The van der Waals surface area contributed by atoms with Crippen LogP contribution in [0.25, 0.3) is 0 Å². The summed E-state index contributed by atoms with van der Waals surface area (Å²) in [4.78, 5) is 0. The fourth-order valence-electron chi connectivity index (χ4n) is 1.35. The van der Waals surface area contributed by atoms with Gasteiger partial charge in [0, 0.05) is 18.7 Å². The maximum absolute atomic E-state index is 8.83. The molecule has 0 aliphatic carbocycles. The SMILES string of the molecule is CNC(CCO)COc1cccc(OC)c1. The second-order valence-corrected chi connectivity index (χ2v) is 3.49. The van der Waals surface area contributed by atoms with Gasteiger partial charge < -0.3 is 19.9 Å². The normalized spacial score (nSPS) is 12.2. The highest BCUT2D eigenvalue weighted by Gasteiger charge is 2.06. The minimum Gasteiger partial charge on any atom is -0.497 e. The Labute approximate surface area is 96.2 Å². The minimum atomic E-state index is 0.160. The first-order valence-corrected chi connectivity index (χ1v) is 5.35. The Hall–Kier alpha value is -1.26. The third kappa shape index (κ3) is 4.08. The monoisotopic (exact) mass is 225 g/mol. The summed E-state index contributed by atoms with van der Waals surface area (Å²) >= 11 is 0. The Morgan fingerprint density at radius 3 is 2.75 bits per heavy atom. The van der Waals surface area contributed by atoms with Crippen LogP contribution in [-0.2, 0) is 0 Å². The van der Waals surface area contributed by atoms with Crippen molar-refractivity contribution in [2.75, 3.05) is 27.4 Å². The first-order chi connectivity index (χ1) is 7.80. The number of aliphatic hydroxyl groups excluding tert-OH is 1. The second kappa shape index (κ2) is 7.09. The summed E-state index contributed by atoms with van der Waals surface area (Å²) in [6.07, 6.45) is 0.681. The lowest BCUT2D eigenvalue weighted by Crippen LogP contribution is -2.32. The number of aliphatic hydroxyl groups is 1. The van der Waals surface area contributed by atoms with E-state index in [-0.39, 0.29) is 12.6 Å². The van der Waals surface area contributed by atoms with E-state index in [9.17, 15) is 0 Å². The van der Waals surface area contributed by atoms with Crippen LogP contribution >= 0.6 is 0 Å². The van der Waals surface area contributed by atoms with E-state index in [0.29, 0.717) is 13.0 Å². The number of hydrogen-bond acceptors (Lipinski definition) is 4. The molecule has 2 N–H and O–H groups in total. The largest absolute Gasteiger partial charge is 0.497 e. The van der Waals surface area contributed by atoms with Gasteiger partial charge in [-0.3, -0.25) is 0 Å². The van der Waals surface area contributed by atoms with Crippen molar-refractivity contribution >= 4 is 0 Å². The minimum absolute atomic E-state index is 0.160. The van der Waals surface area contributed by atoms with Gasteiger partial charge in [0.15, 0.2) is 0 Å². The lowest BCUT2D eigenvalue weighted by molar-refractivity contribution is 0.218. The zero-order chi connectivity index (χ0) is 11.8. The van der Waals surface area contributed by atoms with Crippen molar-refractivity contribution in [3.63, 3.8) is 0 Å². The van der Waals surface area contributed by atoms with E-state index in [2.05, 4.69) is 5.32 Å². The van der Waals surface area contributed by atoms with Crippen LogP contribution in [0.4, 0.5) is 0 Å². The summed E-state index contributed by atoms with van der Waals surface area (Å²) in [5.41, 5.74) is 0. The predicted octanol–water partition coefficient (Wildman–Crippen LogP) is 1.04. The van der Waals surface area contributed by atoms with Crippen LogP contribution in [0.5, 0.6) is 11.5 Å². The fourth-order valence-corrected chi connectivity index (χ4v) is 1.35.